The lowest BCUT2D eigenvalue weighted by molar-refractivity contribution is -0.117. The summed E-state index contributed by atoms with van der Waals surface area (Å²) >= 11 is 1.24. The number of hydrogen-bond acceptors (Lipinski definition) is 6. The monoisotopic (exact) mass is 436 g/mol. The molecule has 0 unspecified atom stereocenters. The number of aryl methyl sites for hydroxylation is 1. The highest BCUT2D eigenvalue weighted by Crippen LogP contribution is 2.29. The van der Waals surface area contributed by atoms with Gasteiger partial charge in [-0.3, -0.25) is 19.7 Å². The van der Waals surface area contributed by atoms with Gasteiger partial charge in [0.2, 0.25) is 5.91 Å². The molecule has 9 heteroatoms. The normalized spacial score (nSPS) is 13.8. The molecule has 4 rings (SSSR count). The van der Waals surface area contributed by atoms with Crippen LogP contribution in [0.5, 0.6) is 0 Å². The molecule has 0 bridgehead atoms. The average molecular weight is 437 g/mol. The molecule has 3 aromatic rings. The van der Waals surface area contributed by atoms with Crippen molar-refractivity contribution in [2.45, 2.75) is 43.8 Å². The van der Waals surface area contributed by atoms with Crippen LogP contribution in [0.1, 0.15) is 31.2 Å². The van der Waals surface area contributed by atoms with Gasteiger partial charge in [-0.2, -0.15) is 0 Å². The SMILES string of the molecule is Cc1ccccc1-n1c(SCC(=O)NC(=O)NC2CCCC2)nnc1-c1ccncc1. The van der Waals surface area contributed by atoms with Crippen molar-refractivity contribution in [2.24, 2.45) is 0 Å². The molecule has 0 radical (unpaired) electrons. The van der Waals surface area contributed by atoms with E-state index in [9.17, 15) is 9.59 Å². The number of amides is 3. The van der Waals surface area contributed by atoms with E-state index in [0.29, 0.717) is 11.0 Å². The maximum absolute atomic E-state index is 12.3. The third-order valence-electron chi connectivity index (χ3n) is 5.20. The average Bonchev–Trinajstić information content (AvgIpc) is 3.43. The molecule has 0 saturated heterocycles. The van der Waals surface area contributed by atoms with Crippen LogP contribution in [0.15, 0.2) is 53.9 Å². The highest BCUT2D eigenvalue weighted by molar-refractivity contribution is 7.99. The molecule has 0 atom stereocenters. The Morgan fingerprint density at radius 1 is 1.10 bits per heavy atom. The Hall–Kier alpha value is -3.20. The lowest BCUT2D eigenvalue weighted by Crippen LogP contribution is -2.44. The van der Waals surface area contributed by atoms with Gasteiger partial charge < -0.3 is 5.32 Å². The molecule has 3 amide bonds. The third-order valence-corrected chi connectivity index (χ3v) is 6.13. The van der Waals surface area contributed by atoms with Gasteiger partial charge in [0.15, 0.2) is 11.0 Å². The van der Waals surface area contributed by atoms with E-state index in [1.54, 1.807) is 12.4 Å². The van der Waals surface area contributed by atoms with E-state index in [2.05, 4.69) is 25.8 Å². The summed E-state index contributed by atoms with van der Waals surface area (Å²) in [6.07, 6.45) is 7.57. The van der Waals surface area contributed by atoms with Crippen LogP contribution < -0.4 is 10.6 Å². The van der Waals surface area contributed by atoms with Gasteiger partial charge in [0.25, 0.3) is 0 Å². The standard InChI is InChI=1S/C22H24N6O2S/c1-15-6-2-5-9-18(15)28-20(16-10-12-23-13-11-16)26-27-22(28)31-14-19(29)25-21(30)24-17-7-3-4-8-17/h2,5-6,9-13,17H,3-4,7-8,14H2,1H3,(H2,24,25,29,30). The Morgan fingerprint density at radius 2 is 1.84 bits per heavy atom. The van der Waals surface area contributed by atoms with Gasteiger partial charge in [-0.15, -0.1) is 10.2 Å². The number of aromatic nitrogens is 4. The lowest BCUT2D eigenvalue weighted by Gasteiger charge is -2.13. The van der Waals surface area contributed by atoms with Crippen LogP contribution in [0.3, 0.4) is 0 Å². The molecule has 1 aliphatic carbocycles. The molecule has 31 heavy (non-hydrogen) atoms. The predicted octanol–water partition coefficient (Wildman–Crippen LogP) is 3.50. The second-order valence-electron chi connectivity index (χ2n) is 7.46. The number of imide groups is 1. The van der Waals surface area contributed by atoms with Crippen molar-refractivity contribution in [3.8, 4) is 17.1 Å². The van der Waals surface area contributed by atoms with E-state index in [1.165, 1.54) is 11.8 Å². The molecule has 1 aliphatic rings. The summed E-state index contributed by atoms with van der Waals surface area (Å²) in [7, 11) is 0. The smallest absolute Gasteiger partial charge is 0.321 e. The van der Waals surface area contributed by atoms with E-state index in [1.807, 2.05) is 47.9 Å². The molecule has 0 spiro atoms. The summed E-state index contributed by atoms with van der Waals surface area (Å²) in [6.45, 7) is 2.01. The van der Waals surface area contributed by atoms with E-state index < -0.39 is 6.03 Å². The first-order valence-electron chi connectivity index (χ1n) is 10.3. The molecule has 1 saturated carbocycles. The Kier molecular flexibility index (Phi) is 6.61. The van der Waals surface area contributed by atoms with Gasteiger partial charge in [-0.05, 0) is 43.5 Å². The highest BCUT2D eigenvalue weighted by Gasteiger charge is 2.20. The van der Waals surface area contributed by atoms with Crippen LogP contribution in [0.25, 0.3) is 17.1 Å². The van der Waals surface area contributed by atoms with Gasteiger partial charge in [-0.1, -0.05) is 42.8 Å². The second-order valence-corrected chi connectivity index (χ2v) is 8.40. The van der Waals surface area contributed by atoms with Gasteiger partial charge in [0.1, 0.15) is 0 Å². The molecule has 8 nitrogen and oxygen atoms in total. The number of rotatable bonds is 6. The van der Waals surface area contributed by atoms with E-state index in [4.69, 9.17) is 0 Å². The Balaban J connectivity index is 1.50. The number of nitrogens with zero attached hydrogens (tertiary/aromatic N) is 4. The fraction of sp³-hybridized carbons (Fsp3) is 0.318. The fourth-order valence-electron chi connectivity index (χ4n) is 3.67. The Bertz CT molecular complexity index is 1060. The van der Waals surface area contributed by atoms with Crippen molar-refractivity contribution in [3.63, 3.8) is 0 Å². The molecule has 2 heterocycles. The second kappa shape index (κ2) is 9.74. The number of hydrogen-bond donors (Lipinski definition) is 2. The Morgan fingerprint density at radius 3 is 2.58 bits per heavy atom. The quantitative estimate of drug-likeness (QED) is 0.574. The van der Waals surface area contributed by atoms with Crippen molar-refractivity contribution in [3.05, 3.63) is 54.4 Å². The molecule has 0 aliphatic heterocycles. The molecule has 2 aromatic heterocycles. The zero-order chi connectivity index (χ0) is 21.6. The molecule has 160 valence electrons. The van der Waals surface area contributed by atoms with Gasteiger partial charge in [-0.25, -0.2) is 4.79 Å². The van der Waals surface area contributed by atoms with Crippen LogP contribution in [-0.2, 0) is 4.79 Å². The van der Waals surface area contributed by atoms with Crippen molar-refractivity contribution in [2.75, 3.05) is 5.75 Å². The summed E-state index contributed by atoms with van der Waals surface area (Å²) < 4.78 is 1.93. The Labute approximate surface area is 184 Å². The number of carbonyl (C=O) groups excluding carboxylic acids is 2. The van der Waals surface area contributed by atoms with Crippen LogP contribution in [-0.4, -0.2) is 43.5 Å². The maximum atomic E-state index is 12.3. The summed E-state index contributed by atoms with van der Waals surface area (Å²) in [5, 5.41) is 14.5. The minimum atomic E-state index is -0.435. The summed E-state index contributed by atoms with van der Waals surface area (Å²) in [5.74, 6) is 0.349. The summed E-state index contributed by atoms with van der Waals surface area (Å²) in [4.78, 5) is 28.5. The number of pyridine rings is 1. The third kappa shape index (κ3) is 5.11. The van der Waals surface area contributed by atoms with Crippen LogP contribution in [0.4, 0.5) is 4.79 Å². The minimum Gasteiger partial charge on any atom is -0.335 e. The molecular formula is C22H24N6O2S. The van der Waals surface area contributed by atoms with Crippen LogP contribution in [0.2, 0.25) is 0 Å². The number of benzene rings is 1. The number of urea groups is 1. The van der Waals surface area contributed by atoms with Gasteiger partial charge in [0, 0.05) is 24.0 Å². The van der Waals surface area contributed by atoms with Gasteiger partial charge in [0.05, 0.1) is 11.4 Å². The van der Waals surface area contributed by atoms with E-state index >= 15 is 0 Å². The number of carbonyl (C=O) groups is 2. The first-order valence-corrected chi connectivity index (χ1v) is 11.3. The topological polar surface area (TPSA) is 102 Å². The maximum Gasteiger partial charge on any atom is 0.321 e. The number of nitrogens with one attached hydrogen (secondary N) is 2. The van der Waals surface area contributed by atoms with E-state index in [-0.39, 0.29) is 17.7 Å². The number of thioether (sulfide) groups is 1. The lowest BCUT2D eigenvalue weighted by atomic mass is 10.2. The van der Waals surface area contributed by atoms with Crippen molar-refractivity contribution >= 4 is 23.7 Å². The number of para-hydroxylation sites is 1. The van der Waals surface area contributed by atoms with Crippen LogP contribution in [0, 0.1) is 6.92 Å². The van der Waals surface area contributed by atoms with Crippen molar-refractivity contribution < 1.29 is 9.59 Å². The highest BCUT2D eigenvalue weighted by atomic mass is 32.2. The zero-order valence-corrected chi connectivity index (χ0v) is 18.1. The van der Waals surface area contributed by atoms with Crippen molar-refractivity contribution in [1.29, 1.82) is 0 Å². The molecule has 1 fully saturated rings. The molecular weight excluding hydrogens is 412 g/mol. The van der Waals surface area contributed by atoms with Crippen LogP contribution >= 0.6 is 11.8 Å². The predicted molar refractivity (Wildman–Crippen MR) is 119 cm³/mol. The molecule has 2 N–H and O–H groups in total. The minimum absolute atomic E-state index is 0.0540. The first-order chi connectivity index (χ1) is 15.1. The van der Waals surface area contributed by atoms with E-state index in [0.717, 1.165) is 42.5 Å². The van der Waals surface area contributed by atoms with Crippen molar-refractivity contribution in [1.82, 2.24) is 30.4 Å². The zero-order valence-electron chi connectivity index (χ0n) is 17.2. The summed E-state index contributed by atoms with van der Waals surface area (Å²) in [6, 6.07) is 11.4. The molecule has 1 aromatic carbocycles. The largest absolute Gasteiger partial charge is 0.335 e. The summed E-state index contributed by atoms with van der Waals surface area (Å²) in [5.41, 5.74) is 2.86. The fourth-order valence-corrected chi connectivity index (χ4v) is 4.41. The first kappa shape index (κ1) is 21.0. The van der Waals surface area contributed by atoms with Gasteiger partial charge >= 0.3 is 6.03 Å².